The first kappa shape index (κ1) is 22.0. The Labute approximate surface area is 190 Å². The van der Waals surface area contributed by atoms with Gasteiger partial charge < -0.3 is 15.0 Å². The van der Waals surface area contributed by atoms with E-state index in [-0.39, 0.29) is 17.7 Å². The first-order chi connectivity index (χ1) is 15.8. The molecule has 1 aliphatic carbocycles. The normalized spacial score (nSPS) is 28.6. The van der Waals surface area contributed by atoms with E-state index >= 15 is 0 Å². The summed E-state index contributed by atoms with van der Waals surface area (Å²) < 4.78 is 45.5. The summed E-state index contributed by atoms with van der Waals surface area (Å²) in [5, 5.41) is 3.80. The number of nitrogens with one attached hydrogen (secondary N) is 2. The Morgan fingerprint density at radius 2 is 2.03 bits per heavy atom. The summed E-state index contributed by atoms with van der Waals surface area (Å²) in [6.07, 6.45) is 7.79. The molecule has 4 unspecified atom stereocenters. The summed E-state index contributed by atoms with van der Waals surface area (Å²) in [5.41, 5.74) is 1.60. The monoisotopic (exact) mass is 457 g/mol. The molecular weight excluding hydrogens is 431 g/mol. The van der Waals surface area contributed by atoms with Crippen LogP contribution in [0.2, 0.25) is 0 Å². The van der Waals surface area contributed by atoms with E-state index in [1.165, 1.54) is 11.9 Å². The molecule has 5 rings (SSSR count). The Morgan fingerprint density at radius 1 is 1.27 bits per heavy atom. The zero-order valence-electron chi connectivity index (χ0n) is 18.3. The number of aromatic nitrogens is 3. The first-order valence-electron chi connectivity index (χ1n) is 11.2. The highest BCUT2D eigenvalue weighted by Crippen LogP contribution is 2.38. The van der Waals surface area contributed by atoms with E-state index in [0.29, 0.717) is 23.0 Å². The Kier molecular flexibility index (Phi) is 5.67. The number of terminal acetylenes is 1. The molecule has 33 heavy (non-hydrogen) atoms. The van der Waals surface area contributed by atoms with Crippen LogP contribution in [0.4, 0.5) is 19.0 Å². The van der Waals surface area contributed by atoms with Crippen LogP contribution < -0.4 is 5.32 Å². The van der Waals surface area contributed by atoms with Crippen LogP contribution >= 0.6 is 0 Å². The van der Waals surface area contributed by atoms with Crippen molar-refractivity contribution in [3.8, 4) is 12.3 Å². The Morgan fingerprint density at radius 3 is 2.73 bits per heavy atom. The van der Waals surface area contributed by atoms with Gasteiger partial charge in [-0.05, 0) is 43.6 Å². The van der Waals surface area contributed by atoms with Crippen molar-refractivity contribution < 1.29 is 17.9 Å². The fourth-order valence-corrected chi connectivity index (χ4v) is 5.45. The number of H-pyrrole nitrogens is 1. The van der Waals surface area contributed by atoms with Gasteiger partial charge in [-0.25, -0.2) is 9.97 Å². The number of hydrogen-bond donors (Lipinski definition) is 2. The lowest BCUT2D eigenvalue weighted by atomic mass is 9.83. The van der Waals surface area contributed by atoms with Crippen molar-refractivity contribution in [2.75, 3.05) is 31.6 Å². The van der Waals surface area contributed by atoms with Crippen molar-refractivity contribution in [1.82, 2.24) is 19.9 Å². The quantitative estimate of drug-likeness (QED) is 0.680. The minimum absolute atomic E-state index is 0.154. The predicted octanol–water partition coefficient (Wildman–Crippen LogP) is 4.00. The van der Waals surface area contributed by atoms with Crippen LogP contribution in [-0.2, 0) is 10.9 Å². The molecule has 2 saturated heterocycles. The second-order valence-electron chi connectivity index (χ2n) is 9.14. The molecular formula is C24H26F3N5O. The summed E-state index contributed by atoms with van der Waals surface area (Å²) in [7, 11) is 0. The average molecular weight is 458 g/mol. The van der Waals surface area contributed by atoms with Gasteiger partial charge in [-0.3, -0.25) is 4.90 Å². The minimum Gasteiger partial charge on any atom is -0.381 e. The van der Waals surface area contributed by atoms with Gasteiger partial charge in [-0.1, -0.05) is 11.5 Å². The highest BCUT2D eigenvalue weighted by molar-refractivity contribution is 5.88. The number of likely N-dealkylation sites (tertiary alicyclic amines) is 1. The van der Waals surface area contributed by atoms with Gasteiger partial charge in [0, 0.05) is 31.0 Å². The van der Waals surface area contributed by atoms with E-state index in [2.05, 4.69) is 38.0 Å². The van der Waals surface area contributed by atoms with E-state index in [4.69, 9.17) is 11.2 Å². The Bertz CT molecular complexity index is 1130. The van der Waals surface area contributed by atoms with Gasteiger partial charge in [0.15, 0.2) is 0 Å². The average Bonchev–Trinajstić information content (AvgIpc) is 3.48. The summed E-state index contributed by atoms with van der Waals surface area (Å²) in [5.74, 6) is 4.01. The number of fused-ring (bicyclic) bond motifs is 2. The van der Waals surface area contributed by atoms with Crippen LogP contribution in [0.15, 0.2) is 35.7 Å². The lowest BCUT2D eigenvalue weighted by Crippen LogP contribution is -2.49. The highest BCUT2D eigenvalue weighted by atomic mass is 19.4. The van der Waals surface area contributed by atoms with Gasteiger partial charge in [-0.15, -0.1) is 6.42 Å². The van der Waals surface area contributed by atoms with Gasteiger partial charge in [0.2, 0.25) is 0 Å². The number of rotatable bonds is 4. The van der Waals surface area contributed by atoms with Crippen LogP contribution in [0.1, 0.15) is 25.5 Å². The van der Waals surface area contributed by atoms with E-state index in [0.717, 1.165) is 50.8 Å². The third-order valence-electron chi connectivity index (χ3n) is 7.15. The molecule has 0 radical (unpaired) electrons. The number of nitrogens with zero attached hydrogens (tertiary/aromatic N) is 3. The molecule has 0 saturated carbocycles. The summed E-state index contributed by atoms with van der Waals surface area (Å²) in [6, 6.07) is 1.08. The van der Waals surface area contributed by atoms with Crippen LogP contribution in [0.5, 0.6) is 0 Å². The molecule has 174 valence electrons. The van der Waals surface area contributed by atoms with Gasteiger partial charge in [0.1, 0.15) is 23.5 Å². The molecule has 0 spiro atoms. The maximum absolute atomic E-state index is 13.3. The van der Waals surface area contributed by atoms with Gasteiger partial charge in [0.25, 0.3) is 0 Å². The number of anilines is 1. The molecule has 3 aliphatic rings. The number of aromatic amines is 1. The van der Waals surface area contributed by atoms with E-state index < -0.39 is 11.9 Å². The summed E-state index contributed by atoms with van der Waals surface area (Å²) in [6.45, 7) is 5.59. The summed E-state index contributed by atoms with van der Waals surface area (Å²) in [4.78, 5) is 13.2. The van der Waals surface area contributed by atoms with Crippen LogP contribution in [0.25, 0.3) is 11.0 Å². The Hall–Kier alpha value is -2.83. The fourth-order valence-electron chi connectivity index (χ4n) is 5.45. The molecule has 0 bridgehead atoms. The van der Waals surface area contributed by atoms with Gasteiger partial charge in [-0.2, -0.15) is 13.2 Å². The molecule has 2 fully saturated rings. The molecule has 4 heterocycles. The van der Waals surface area contributed by atoms with Crippen LogP contribution in [0, 0.1) is 24.2 Å². The van der Waals surface area contributed by atoms with Crippen molar-refractivity contribution in [1.29, 1.82) is 0 Å². The van der Waals surface area contributed by atoms with E-state index in [1.807, 2.05) is 6.08 Å². The van der Waals surface area contributed by atoms with Crippen molar-refractivity contribution in [3.05, 3.63) is 41.4 Å². The smallest absolute Gasteiger partial charge is 0.381 e. The number of halogens is 3. The molecule has 4 atom stereocenters. The topological polar surface area (TPSA) is 66.1 Å². The number of ether oxygens (including phenoxy) is 1. The molecule has 2 N–H and O–H groups in total. The van der Waals surface area contributed by atoms with Crippen LogP contribution in [0.3, 0.4) is 0 Å². The van der Waals surface area contributed by atoms with Crippen molar-refractivity contribution >= 4 is 16.9 Å². The maximum atomic E-state index is 13.3. The zero-order valence-corrected chi connectivity index (χ0v) is 18.3. The number of hydrogen-bond acceptors (Lipinski definition) is 5. The number of allylic oxidation sites excluding steroid dienone is 2. The first-order valence-corrected chi connectivity index (χ1v) is 11.2. The second-order valence-corrected chi connectivity index (χ2v) is 9.14. The molecule has 0 aromatic carbocycles. The fraction of sp³-hybridized carbons (Fsp3) is 0.500. The lowest BCUT2D eigenvalue weighted by molar-refractivity contribution is -0.140. The molecule has 0 amide bonds. The molecule has 2 aromatic heterocycles. The standard InChI is InChI=1S/C24H26F3N5O/c1-3-4-5-17-14(2)6-7-19(32-9-15-11-33-12-16(15)10-32)21(17)31-23-18-8-20(24(25,26)27)30-22(18)28-13-29-23/h1,4-5,8,13,15-16,19,21H,6-7,9-12H2,2H3,(H2,28,29,30,31)/b5-4-. The van der Waals surface area contributed by atoms with Gasteiger partial charge in [0.05, 0.1) is 24.6 Å². The van der Waals surface area contributed by atoms with E-state index in [9.17, 15) is 13.2 Å². The molecule has 2 aromatic rings. The predicted molar refractivity (Wildman–Crippen MR) is 119 cm³/mol. The van der Waals surface area contributed by atoms with Gasteiger partial charge >= 0.3 is 6.18 Å². The largest absolute Gasteiger partial charge is 0.431 e. The minimum atomic E-state index is -4.49. The third kappa shape index (κ3) is 4.13. The lowest BCUT2D eigenvalue weighted by Gasteiger charge is -2.40. The second kappa shape index (κ2) is 8.50. The highest BCUT2D eigenvalue weighted by Gasteiger charge is 2.43. The zero-order chi connectivity index (χ0) is 23.2. The molecule has 6 nitrogen and oxygen atoms in total. The third-order valence-corrected chi connectivity index (χ3v) is 7.15. The summed E-state index contributed by atoms with van der Waals surface area (Å²) >= 11 is 0. The molecule has 2 aliphatic heterocycles. The molecule has 9 heteroatoms. The van der Waals surface area contributed by atoms with E-state index in [1.54, 1.807) is 6.08 Å². The van der Waals surface area contributed by atoms with Crippen LogP contribution in [-0.4, -0.2) is 58.2 Å². The van der Waals surface area contributed by atoms with Crippen molar-refractivity contribution in [2.24, 2.45) is 11.8 Å². The SMILES string of the molecule is C#C/C=C\C1=C(C)CCC(N2CC3COCC3C2)C1Nc1ncnc2[nH]c(C(F)(F)F)cc12. The Balaban J connectivity index is 1.51. The maximum Gasteiger partial charge on any atom is 0.431 e. The van der Waals surface area contributed by atoms with Crippen molar-refractivity contribution in [2.45, 2.75) is 38.0 Å². The van der Waals surface area contributed by atoms with Crippen molar-refractivity contribution in [3.63, 3.8) is 0 Å². The number of alkyl halides is 3.